The van der Waals surface area contributed by atoms with E-state index in [1.165, 1.54) is 23.3 Å². The minimum absolute atomic E-state index is 0.00903. The van der Waals surface area contributed by atoms with Crippen molar-refractivity contribution in [3.63, 3.8) is 0 Å². The summed E-state index contributed by atoms with van der Waals surface area (Å²) in [6.45, 7) is 0.256. The molecule has 0 spiro atoms. The minimum Gasteiger partial charge on any atom is -0.507 e. The number of benzene rings is 1. The summed E-state index contributed by atoms with van der Waals surface area (Å²) in [5.74, 6) is -1.26. The van der Waals surface area contributed by atoms with Gasteiger partial charge in [-0.2, -0.15) is 0 Å². The maximum Gasteiger partial charge on any atom is 0.296 e. The molecule has 1 aromatic carbocycles. The first kappa shape index (κ1) is 18.9. The lowest BCUT2D eigenvalue weighted by atomic mass is 9.98. The van der Waals surface area contributed by atoms with Crippen molar-refractivity contribution >= 4 is 28.8 Å². The van der Waals surface area contributed by atoms with Crippen LogP contribution in [0.1, 0.15) is 22.2 Å². The number of likely N-dealkylation sites (tertiary alicyclic amines) is 1. The molecule has 1 amide bonds. The van der Waals surface area contributed by atoms with Gasteiger partial charge in [-0.15, -0.1) is 11.3 Å². The van der Waals surface area contributed by atoms with Gasteiger partial charge < -0.3 is 14.7 Å². The second kappa shape index (κ2) is 7.89. The van der Waals surface area contributed by atoms with E-state index in [2.05, 4.69) is 4.98 Å². The quantitative estimate of drug-likeness (QED) is 0.396. The zero-order valence-electron chi connectivity index (χ0n) is 15.6. The standard InChI is InChI=1S/C22H18N2O4S/c1-28-17-10-3-2-8-15(17)20(25)18-19(16-9-4-5-11-23-16)24(22(27)21(18)26)13-14-7-6-12-29-14/h2-12,19,25H,13H2,1H3/b20-18-. The topological polar surface area (TPSA) is 79.7 Å². The van der Waals surface area contributed by atoms with Crippen molar-refractivity contribution in [1.29, 1.82) is 0 Å². The van der Waals surface area contributed by atoms with E-state index in [1.54, 1.807) is 48.7 Å². The third-order valence-corrected chi connectivity index (χ3v) is 5.64. The van der Waals surface area contributed by atoms with E-state index < -0.39 is 17.7 Å². The van der Waals surface area contributed by atoms with E-state index in [0.717, 1.165) is 4.88 Å². The van der Waals surface area contributed by atoms with Crippen LogP contribution in [0, 0.1) is 0 Å². The highest BCUT2D eigenvalue weighted by Gasteiger charge is 2.47. The summed E-state index contributed by atoms with van der Waals surface area (Å²) in [5, 5.41) is 13.0. The lowest BCUT2D eigenvalue weighted by Crippen LogP contribution is -2.29. The molecular formula is C22H18N2O4S. The summed E-state index contributed by atoms with van der Waals surface area (Å²) in [6, 6.07) is 15.1. The number of rotatable bonds is 5. The van der Waals surface area contributed by atoms with Crippen LogP contribution >= 0.6 is 11.3 Å². The fourth-order valence-electron chi connectivity index (χ4n) is 3.44. The number of hydrogen-bond donors (Lipinski definition) is 1. The highest BCUT2D eigenvalue weighted by molar-refractivity contribution is 7.09. The molecule has 0 saturated carbocycles. The number of carbonyl (C=O) groups excluding carboxylic acids is 2. The van der Waals surface area contributed by atoms with Gasteiger partial charge in [0.15, 0.2) is 0 Å². The number of pyridine rings is 1. The molecule has 1 fully saturated rings. The molecule has 1 aliphatic rings. The van der Waals surface area contributed by atoms with Crippen LogP contribution in [0.5, 0.6) is 5.75 Å². The Hall–Kier alpha value is -3.45. The Morgan fingerprint density at radius 3 is 2.62 bits per heavy atom. The van der Waals surface area contributed by atoms with E-state index in [-0.39, 0.29) is 17.9 Å². The second-order valence-electron chi connectivity index (χ2n) is 6.46. The molecular weight excluding hydrogens is 388 g/mol. The molecule has 6 nitrogen and oxygen atoms in total. The fraction of sp³-hybridized carbons (Fsp3) is 0.136. The van der Waals surface area contributed by atoms with Gasteiger partial charge in [-0.25, -0.2) is 0 Å². The summed E-state index contributed by atoms with van der Waals surface area (Å²) in [7, 11) is 1.48. The summed E-state index contributed by atoms with van der Waals surface area (Å²) in [5.41, 5.74) is 0.875. The van der Waals surface area contributed by atoms with Crippen LogP contribution in [0.15, 0.2) is 71.7 Å². The first-order valence-corrected chi connectivity index (χ1v) is 9.85. The Morgan fingerprint density at radius 2 is 1.93 bits per heavy atom. The minimum atomic E-state index is -0.789. The van der Waals surface area contributed by atoms with Gasteiger partial charge in [0.2, 0.25) is 0 Å². The molecule has 1 atom stereocenters. The molecule has 1 N–H and O–H groups in total. The van der Waals surface area contributed by atoms with Gasteiger partial charge in [0, 0.05) is 11.1 Å². The predicted molar refractivity (Wildman–Crippen MR) is 109 cm³/mol. The van der Waals surface area contributed by atoms with Crippen LogP contribution < -0.4 is 4.74 Å². The Bertz CT molecular complexity index is 1080. The number of aliphatic hydroxyl groups excluding tert-OH is 1. The highest BCUT2D eigenvalue weighted by atomic mass is 32.1. The van der Waals surface area contributed by atoms with Crippen LogP contribution in [-0.2, 0) is 16.1 Å². The maximum absolute atomic E-state index is 13.0. The SMILES string of the molecule is COc1ccccc1/C(O)=C1/C(=O)C(=O)N(Cc2cccs2)C1c1ccccn1. The van der Waals surface area contributed by atoms with E-state index in [0.29, 0.717) is 17.0 Å². The molecule has 1 unspecified atom stereocenters. The highest BCUT2D eigenvalue weighted by Crippen LogP contribution is 2.41. The smallest absolute Gasteiger partial charge is 0.296 e. The summed E-state index contributed by atoms with van der Waals surface area (Å²) < 4.78 is 5.32. The molecule has 29 heavy (non-hydrogen) atoms. The Kier molecular flexibility index (Phi) is 5.14. The Balaban J connectivity index is 1.89. The number of amides is 1. The molecule has 0 radical (unpaired) electrons. The first-order valence-electron chi connectivity index (χ1n) is 8.97. The van der Waals surface area contributed by atoms with Gasteiger partial charge in [0.05, 0.1) is 30.5 Å². The van der Waals surface area contributed by atoms with E-state index in [4.69, 9.17) is 4.74 Å². The molecule has 0 aliphatic carbocycles. The monoisotopic (exact) mass is 406 g/mol. The molecule has 2 aromatic heterocycles. The largest absolute Gasteiger partial charge is 0.507 e. The van der Waals surface area contributed by atoms with Crippen molar-refractivity contribution in [3.8, 4) is 5.75 Å². The van der Waals surface area contributed by atoms with E-state index in [1.807, 2.05) is 17.5 Å². The number of carbonyl (C=O) groups is 2. The van der Waals surface area contributed by atoms with Crippen molar-refractivity contribution in [2.75, 3.05) is 7.11 Å². The van der Waals surface area contributed by atoms with Crippen molar-refractivity contribution < 1.29 is 19.4 Å². The number of para-hydroxylation sites is 1. The number of ether oxygens (including phenoxy) is 1. The number of ketones is 1. The number of nitrogens with zero attached hydrogens (tertiary/aromatic N) is 2. The zero-order valence-corrected chi connectivity index (χ0v) is 16.4. The number of Topliss-reactive ketones (excluding diaryl/α,β-unsaturated/α-hetero) is 1. The van der Waals surface area contributed by atoms with Gasteiger partial charge >= 0.3 is 0 Å². The van der Waals surface area contributed by atoms with Crippen LogP contribution in [0.3, 0.4) is 0 Å². The van der Waals surface area contributed by atoms with Gasteiger partial charge in [-0.05, 0) is 35.7 Å². The third-order valence-electron chi connectivity index (χ3n) is 4.78. The second-order valence-corrected chi connectivity index (χ2v) is 7.49. The molecule has 1 saturated heterocycles. The number of hydrogen-bond acceptors (Lipinski definition) is 6. The lowest BCUT2D eigenvalue weighted by molar-refractivity contribution is -0.140. The maximum atomic E-state index is 13.0. The fourth-order valence-corrected chi connectivity index (χ4v) is 4.15. The molecule has 1 aliphatic heterocycles. The van der Waals surface area contributed by atoms with Crippen molar-refractivity contribution in [2.45, 2.75) is 12.6 Å². The number of aliphatic hydroxyl groups is 1. The number of aromatic nitrogens is 1. The molecule has 4 rings (SSSR count). The number of thiophene rings is 1. The lowest BCUT2D eigenvalue weighted by Gasteiger charge is -2.24. The van der Waals surface area contributed by atoms with E-state index in [9.17, 15) is 14.7 Å². The summed E-state index contributed by atoms with van der Waals surface area (Å²) >= 11 is 1.50. The molecule has 146 valence electrons. The molecule has 0 bridgehead atoms. The zero-order chi connectivity index (χ0) is 20.4. The van der Waals surface area contributed by atoms with Crippen LogP contribution in [-0.4, -0.2) is 33.8 Å². The van der Waals surface area contributed by atoms with Gasteiger partial charge in [0.25, 0.3) is 11.7 Å². The molecule has 3 aromatic rings. The van der Waals surface area contributed by atoms with Gasteiger partial charge in [0.1, 0.15) is 17.6 Å². The van der Waals surface area contributed by atoms with Gasteiger partial charge in [-0.3, -0.25) is 14.6 Å². The van der Waals surface area contributed by atoms with Crippen molar-refractivity contribution in [2.24, 2.45) is 0 Å². The summed E-state index contributed by atoms with van der Waals surface area (Å²) in [4.78, 5) is 32.6. The van der Waals surface area contributed by atoms with Crippen LogP contribution in [0.4, 0.5) is 0 Å². The third kappa shape index (κ3) is 3.40. The Labute approximate surface area is 171 Å². The first-order chi connectivity index (χ1) is 14.1. The van der Waals surface area contributed by atoms with Gasteiger partial charge in [-0.1, -0.05) is 24.3 Å². The predicted octanol–water partition coefficient (Wildman–Crippen LogP) is 3.77. The summed E-state index contributed by atoms with van der Waals surface area (Å²) in [6.07, 6.45) is 1.60. The van der Waals surface area contributed by atoms with E-state index >= 15 is 0 Å². The number of methoxy groups -OCH3 is 1. The molecule has 7 heteroatoms. The van der Waals surface area contributed by atoms with Crippen LogP contribution in [0.2, 0.25) is 0 Å². The van der Waals surface area contributed by atoms with Crippen molar-refractivity contribution in [1.82, 2.24) is 9.88 Å². The average Bonchev–Trinajstić information content (AvgIpc) is 3.36. The van der Waals surface area contributed by atoms with Crippen molar-refractivity contribution in [3.05, 3.63) is 87.9 Å². The van der Waals surface area contributed by atoms with Crippen LogP contribution in [0.25, 0.3) is 5.76 Å². The Morgan fingerprint density at radius 1 is 1.14 bits per heavy atom. The average molecular weight is 406 g/mol. The molecule has 3 heterocycles. The normalized spacial score (nSPS) is 18.2.